The maximum absolute atomic E-state index is 11.7. The van der Waals surface area contributed by atoms with Crippen molar-refractivity contribution in [1.29, 1.82) is 0 Å². The van der Waals surface area contributed by atoms with Crippen LogP contribution in [0.3, 0.4) is 0 Å². The second-order valence-corrected chi connectivity index (χ2v) is 4.14. The number of amides is 1. The highest BCUT2D eigenvalue weighted by Crippen LogP contribution is 2.13. The fourth-order valence-electron chi connectivity index (χ4n) is 1.41. The summed E-state index contributed by atoms with van der Waals surface area (Å²) >= 11 is 5.72. The van der Waals surface area contributed by atoms with Crippen molar-refractivity contribution < 1.29 is 9.72 Å². The molecule has 2 aromatic rings. The van der Waals surface area contributed by atoms with Gasteiger partial charge in [0.25, 0.3) is 0 Å². The van der Waals surface area contributed by atoms with Crippen molar-refractivity contribution >= 4 is 28.9 Å². The number of nitrogens with one attached hydrogen (secondary N) is 1. The van der Waals surface area contributed by atoms with Crippen LogP contribution >= 0.6 is 11.6 Å². The molecule has 7 nitrogen and oxygen atoms in total. The van der Waals surface area contributed by atoms with Crippen molar-refractivity contribution in [3.05, 3.63) is 51.8 Å². The number of carbonyl (C=O) groups excluding carboxylic acids is 1. The van der Waals surface area contributed by atoms with Gasteiger partial charge in [0.2, 0.25) is 5.91 Å². The van der Waals surface area contributed by atoms with Gasteiger partial charge in [-0.2, -0.15) is 5.10 Å². The number of anilines is 1. The van der Waals surface area contributed by atoms with Crippen LogP contribution in [0.4, 0.5) is 11.4 Å². The Morgan fingerprint density at radius 2 is 2.11 bits per heavy atom. The Morgan fingerprint density at radius 1 is 1.42 bits per heavy atom. The summed E-state index contributed by atoms with van der Waals surface area (Å²) in [6.45, 7) is -0.101. The Hall–Kier alpha value is -2.41. The monoisotopic (exact) mass is 280 g/mol. The van der Waals surface area contributed by atoms with E-state index in [1.807, 2.05) is 0 Å². The first kappa shape index (κ1) is 13.0. The average Bonchev–Trinajstić information content (AvgIpc) is 2.80. The van der Waals surface area contributed by atoms with E-state index < -0.39 is 4.92 Å². The first-order valence-corrected chi connectivity index (χ1v) is 5.64. The van der Waals surface area contributed by atoms with Crippen LogP contribution in [0.2, 0.25) is 5.02 Å². The summed E-state index contributed by atoms with van der Waals surface area (Å²) in [5.41, 5.74) is 0.440. The van der Waals surface area contributed by atoms with E-state index in [-0.39, 0.29) is 18.1 Å². The number of carbonyl (C=O) groups is 1. The van der Waals surface area contributed by atoms with Crippen molar-refractivity contribution in [1.82, 2.24) is 9.78 Å². The quantitative estimate of drug-likeness (QED) is 0.686. The summed E-state index contributed by atoms with van der Waals surface area (Å²) in [7, 11) is 0. The molecule has 1 aromatic heterocycles. The van der Waals surface area contributed by atoms with Crippen molar-refractivity contribution in [2.75, 3.05) is 5.32 Å². The van der Waals surface area contributed by atoms with E-state index in [0.717, 1.165) is 6.20 Å². The molecule has 0 fully saturated rings. The molecule has 98 valence electrons. The average molecular weight is 281 g/mol. The van der Waals surface area contributed by atoms with E-state index in [9.17, 15) is 14.9 Å². The van der Waals surface area contributed by atoms with Gasteiger partial charge in [0, 0.05) is 10.7 Å². The molecule has 2 rings (SSSR count). The van der Waals surface area contributed by atoms with E-state index in [4.69, 9.17) is 11.6 Å². The minimum absolute atomic E-state index is 0.101. The number of hydrogen-bond donors (Lipinski definition) is 1. The summed E-state index contributed by atoms with van der Waals surface area (Å²) in [6.07, 6.45) is 2.29. The second kappa shape index (κ2) is 5.49. The minimum atomic E-state index is -0.569. The highest BCUT2D eigenvalue weighted by molar-refractivity contribution is 6.30. The third-order valence-corrected chi connectivity index (χ3v) is 2.52. The number of halogens is 1. The Morgan fingerprint density at radius 3 is 2.68 bits per heavy atom. The smallest absolute Gasteiger partial charge is 0.307 e. The molecule has 0 atom stereocenters. The molecule has 0 spiro atoms. The first-order valence-electron chi connectivity index (χ1n) is 5.27. The zero-order valence-corrected chi connectivity index (χ0v) is 10.4. The lowest BCUT2D eigenvalue weighted by molar-refractivity contribution is -0.385. The van der Waals surface area contributed by atoms with Crippen LogP contribution in [-0.2, 0) is 11.3 Å². The first-order chi connectivity index (χ1) is 9.04. The number of aromatic nitrogens is 2. The molecule has 0 saturated heterocycles. The van der Waals surface area contributed by atoms with E-state index in [2.05, 4.69) is 10.4 Å². The summed E-state index contributed by atoms with van der Waals surface area (Å²) in [4.78, 5) is 21.6. The van der Waals surface area contributed by atoms with Gasteiger partial charge in [-0.05, 0) is 24.3 Å². The van der Waals surface area contributed by atoms with Gasteiger partial charge in [-0.15, -0.1) is 0 Å². The summed E-state index contributed by atoms with van der Waals surface area (Å²) < 4.78 is 1.20. The normalized spacial score (nSPS) is 10.2. The van der Waals surface area contributed by atoms with Crippen molar-refractivity contribution in [3.63, 3.8) is 0 Å². The van der Waals surface area contributed by atoms with Gasteiger partial charge in [-0.3, -0.25) is 19.6 Å². The van der Waals surface area contributed by atoms with Crippen LogP contribution in [-0.4, -0.2) is 20.6 Å². The van der Waals surface area contributed by atoms with Crippen LogP contribution in [0.1, 0.15) is 0 Å². The second-order valence-electron chi connectivity index (χ2n) is 3.71. The predicted molar refractivity (Wildman–Crippen MR) is 69.0 cm³/mol. The molecule has 19 heavy (non-hydrogen) atoms. The fraction of sp³-hybridized carbons (Fsp3) is 0.0909. The van der Waals surface area contributed by atoms with Gasteiger partial charge in [-0.1, -0.05) is 11.6 Å². The Bertz CT molecular complexity index is 609. The topological polar surface area (TPSA) is 90.1 Å². The molecule has 1 heterocycles. The molecule has 0 saturated carbocycles. The van der Waals surface area contributed by atoms with Gasteiger partial charge in [-0.25, -0.2) is 0 Å². The molecule has 0 unspecified atom stereocenters. The van der Waals surface area contributed by atoms with Crippen LogP contribution in [0.25, 0.3) is 0 Å². The van der Waals surface area contributed by atoms with Crippen molar-refractivity contribution in [2.45, 2.75) is 6.54 Å². The lowest BCUT2D eigenvalue weighted by atomic mass is 10.3. The van der Waals surface area contributed by atoms with E-state index in [0.29, 0.717) is 10.7 Å². The molecule has 8 heteroatoms. The van der Waals surface area contributed by atoms with E-state index >= 15 is 0 Å². The zero-order chi connectivity index (χ0) is 13.8. The number of rotatable bonds is 4. The Balaban J connectivity index is 1.97. The molecule has 0 radical (unpaired) electrons. The SMILES string of the molecule is O=C(Cn1cc([N+](=O)[O-])cn1)Nc1ccc(Cl)cc1. The van der Waals surface area contributed by atoms with Gasteiger partial charge in [0.15, 0.2) is 0 Å². The van der Waals surface area contributed by atoms with Crippen molar-refractivity contribution in [2.24, 2.45) is 0 Å². The highest BCUT2D eigenvalue weighted by atomic mass is 35.5. The fourth-order valence-corrected chi connectivity index (χ4v) is 1.54. The molecule has 0 aliphatic heterocycles. The lowest BCUT2D eigenvalue weighted by Crippen LogP contribution is -2.18. The number of hydrogen-bond acceptors (Lipinski definition) is 4. The summed E-state index contributed by atoms with van der Waals surface area (Å²) in [6, 6.07) is 6.61. The number of nitrogens with zero attached hydrogens (tertiary/aromatic N) is 3. The third kappa shape index (κ3) is 3.52. The van der Waals surface area contributed by atoms with Gasteiger partial charge < -0.3 is 5.32 Å². The summed E-state index contributed by atoms with van der Waals surface area (Å²) in [5.74, 6) is -0.333. The molecule has 1 aromatic carbocycles. The van der Waals surface area contributed by atoms with E-state index in [1.54, 1.807) is 24.3 Å². The van der Waals surface area contributed by atoms with Crippen LogP contribution in [0.5, 0.6) is 0 Å². The van der Waals surface area contributed by atoms with Gasteiger partial charge >= 0.3 is 5.69 Å². The molecule has 1 N–H and O–H groups in total. The molecule has 0 aliphatic carbocycles. The highest BCUT2D eigenvalue weighted by Gasteiger charge is 2.11. The lowest BCUT2D eigenvalue weighted by Gasteiger charge is -2.04. The van der Waals surface area contributed by atoms with Crippen LogP contribution < -0.4 is 5.32 Å². The van der Waals surface area contributed by atoms with Gasteiger partial charge in [0.05, 0.1) is 4.92 Å². The molecular weight excluding hydrogens is 272 g/mol. The number of nitro groups is 1. The standard InChI is InChI=1S/C11H9ClN4O3/c12-8-1-3-9(4-2-8)14-11(17)7-15-6-10(5-13-15)16(18)19/h1-6H,7H2,(H,14,17). The van der Waals surface area contributed by atoms with Gasteiger partial charge in [0.1, 0.15) is 18.9 Å². The predicted octanol–water partition coefficient (Wildman–Crippen LogP) is 2.08. The Labute approximate surface area is 112 Å². The van der Waals surface area contributed by atoms with Crippen LogP contribution in [0.15, 0.2) is 36.7 Å². The number of benzene rings is 1. The molecular formula is C11H9ClN4O3. The summed E-state index contributed by atoms with van der Waals surface area (Å²) in [5, 5.41) is 17.4. The molecule has 0 aliphatic rings. The van der Waals surface area contributed by atoms with E-state index in [1.165, 1.54) is 10.9 Å². The van der Waals surface area contributed by atoms with Crippen molar-refractivity contribution in [3.8, 4) is 0 Å². The zero-order valence-electron chi connectivity index (χ0n) is 9.62. The molecule has 1 amide bonds. The maximum Gasteiger partial charge on any atom is 0.307 e. The molecule has 0 bridgehead atoms. The maximum atomic E-state index is 11.7. The third-order valence-electron chi connectivity index (χ3n) is 2.26. The Kier molecular flexibility index (Phi) is 3.76. The largest absolute Gasteiger partial charge is 0.324 e. The minimum Gasteiger partial charge on any atom is -0.324 e. The van der Waals surface area contributed by atoms with Crippen LogP contribution in [0, 0.1) is 10.1 Å².